The molecule has 24 heavy (non-hydrogen) atoms. The maximum atomic E-state index is 12.3. The number of hydrogen-bond donors (Lipinski definition) is 2. The maximum absolute atomic E-state index is 12.3. The van der Waals surface area contributed by atoms with Crippen LogP contribution in [0.25, 0.3) is 0 Å². The van der Waals surface area contributed by atoms with Gasteiger partial charge in [0.15, 0.2) is 0 Å². The van der Waals surface area contributed by atoms with Crippen molar-refractivity contribution in [3.8, 4) is 0 Å². The molecule has 6 heteroatoms. The molecule has 0 aromatic heterocycles. The fraction of sp³-hybridized carbons (Fsp3) is 0.389. The summed E-state index contributed by atoms with van der Waals surface area (Å²) in [5.41, 5.74) is 0.921. The van der Waals surface area contributed by atoms with E-state index in [1.807, 2.05) is 49.4 Å². The van der Waals surface area contributed by atoms with Crippen LogP contribution in [0.4, 0.5) is 0 Å². The van der Waals surface area contributed by atoms with Crippen molar-refractivity contribution in [2.24, 2.45) is 0 Å². The van der Waals surface area contributed by atoms with Gasteiger partial charge in [-0.3, -0.25) is 14.4 Å². The largest absolute Gasteiger partial charge is 0.468 e. The third-order valence-electron chi connectivity index (χ3n) is 3.34. The number of esters is 1. The molecule has 0 spiro atoms. The normalized spacial score (nSPS) is 11.8. The zero-order valence-corrected chi connectivity index (χ0v) is 14.1. The summed E-state index contributed by atoms with van der Waals surface area (Å²) in [4.78, 5) is 35.4. The van der Waals surface area contributed by atoms with Gasteiger partial charge in [-0.15, -0.1) is 0 Å². The molecule has 0 unspecified atom stereocenters. The first kappa shape index (κ1) is 19.4. The smallest absolute Gasteiger partial charge is 0.325 e. The Bertz CT molecular complexity index is 570. The standard InChI is InChI=1S/C18H24N2O4/c1-3-4-6-11-16(21)20-15(12-14-9-7-5-8-10-14)18(23)19-13-17(22)24-2/h3-5,7-10,15H,6,11-13H2,1-2H3,(H,19,23)(H,20,21)/b4-3+/t15-/m0/s1. The Morgan fingerprint density at radius 1 is 1.21 bits per heavy atom. The van der Waals surface area contributed by atoms with Gasteiger partial charge in [0.05, 0.1) is 7.11 Å². The van der Waals surface area contributed by atoms with Gasteiger partial charge >= 0.3 is 5.97 Å². The first-order valence-corrected chi connectivity index (χ1v) is 7.85. The summed E-state index contributed by atoms with van der Waals surface area (Å²) in [5.74, 6) is -1.16. The molecule has 1 aromatic carbocycles. The van der Waals surface area contributed by atoms with Crippen LogP contribution in [0.5, 0.6) is 0 Å². The molecule has 0 heterocycles. The van der Waals surface area contributed by atoms with Crippen LogP contribution in [-0.2, 0) is 25.5 Å². The van der Waals surface area contributed by atoms with Gasteiger partial charge in [-0.2, -0.15) is 0 Å². The van der Waals surface area contributed by atoms with Gasteiger partial charge in [0.2, 0.25) is 11.8 Å². The molecule has 0 fully saturated rings. The van der Waals surface area contributed by atoms with Crippen LogP contribution in [0.2, 0.25) is 0 Å². The number of hydrogen-bond acceptors (Lipinski definition) is 4. The monoisotopic (exact) mass is 332 g/mol. The summed E-state index contributed by atoms with van der Waals surface area (Å²) in [6.45, 7) is 1.66. The predicted molar refractivity (Wildman–Crippen MR) is 91.2 cm³/mol. The SMILES string of the molecule is C/C=C/CCC(=O)N[C@@H](Cc1ccccc1)C(=O)NCC(=O)OC. The third kappa shape index (κ3) is 7.58. The number of carbonyl (C=O) groups is 3. The van der Waals surface area contributed by atoms with E-state index in [2.05, 4.69) is 15.4 Å². The summed E-state index contributed by atoms with van der Waals surface area (Å²) in [7, 11) is 1.25. The predicted octanol–water partition coefficient (Wildman–Crippen LogP) is 1.36. The van der Waals surface area contributed by atoms with Crippen LogP contribution in [0.15, 0.2) is 42.5 Å². The highest BCUT2D eigenvalue weighted by atomic mass is 16.5. The van der Waals surface area contributed by atoms with Crippen molar-refractivity contribution in [1.29, 1.82) is 0 Å². The number of ether oxygens (including phenoxy) is 1. The molecule has 0 saturated carbocycles. The van der Waals surface area contributed by atoms with Crippen molar-refractivity contribution in [2.75, 3.05) is 13.7 Å². The van der Waals surface area contributed by atoms with Gasteiger partial charge in [0, 0.05) is 12.8 Å². The van der Waals surface area contributed by atoms with Crippen molar-refractivity contribution in [2.45, 2.75) is 32.2 Å². The molecule has 1 aromatic rings. The van der Waals surface area contributed by atoms with Crippen LogP contribution in [0.1, 0.15) is 25.3 Å². The highest BCUT2D eigenvalue weighted by Crippen LogP contribution is 2.04. The van der Waals surface area contributed by atoms with Crippen molar-refractivity contribution < 1.29 is 19.1 Å². The first-order chi connectivity index (χ1) is 11.6. The van der Waals surface area contributed by atoms with Gasteiger partial charge in [-0.1, -0.05) is 42.5 Å². The average molecular weight is 332 g/mol. The number of nitrogens with one attached hydrogen (secondary N) is 2. The van der Waals surface area contributed by atoms with Gasteiger partial charge in [0.25, 0.3) is 0 Å². The van der Waals surface area contributed by atoms with E-state index in [-0.39, 0.29) is 12.5 Å². The Morgan fingerprint density at radius 3 is 2.54 bits per heavy atom. The van der Waals surface area contributed by atoms with E-state index in [1.54, 1.807) is 0 Å². The average Bonchev–Trinajstić information content (AvgIpc) is 2.59. The summed E-state index contributed by atoms with van der Waals surface area (Å²) < 4.78 is 4.50. The Kier molecular flexibility index (Phi) is 8.89. The number of benzene rings is 1. The lowest BCUT2D eigenvalue weighted by Gasteiger charge is -2.18. The number of allylic oxidation sites excluding steroid dienone is 2. The molecule has 6 nitrogen and oxygen atoms in total. The van der Waals surface area contributed by atoms with Crippen LogP contribution in [0.3, 0.4) is 0 Å². The quantitative estimate of drug-likeness (QED) is 0.528. The lowest BCUT2D eigenvalue weighted by atomic mass is 10.0. The number of methoxy groups -OCH3 is 1. The number of amides is 2. The van der Waals surface area contributed by atoms with Crippen molar-refractivity contribution in [3.63, 3.8) is 0 Å². The molecule has 0 aliphatic rings. The Labute approximate surface area is 142 Å². The Morgan fingerprint density at radius 2 is 1.92 bits per heavy atom. The fourth-order valence-corrected chi connectivity index (χ4v) is 2.06. The van der Waals surface area contributed by atoms with Crippen molar-refractivity contribution in [3.05, 3.63) is 48.0 Å². The zero-order valence-electron chi connectivity index (χ0n) is 14.1. The van der Waals surface area contributed by atoms with Gasteiger partial charge in [-0.05, 0) is 18.9 Å². The molecule has 0 radical (unpaired) electrons. The topological polar surface area (TPSA) is 84.5 Å². The minimum absolute atomic E-state index is 0.206. The van der Waals surface area contributed by atoms with E-state index < -0.39 is 17.9 Å². The minimum atomic E-state index is -0.741. The molecular weight excluding hydrogens is 308 g/mol. The van der Waals surface area contributed by atoms with E-state index in [1.165, 1.54) is 7.11 Å². The van der Waals surface area contributed by atoms with Crippen LogP contribution in [-0.4, -0.2) is 37.5 Å². The minimum Gasteiger partial charge on any atom is -0.468 e. The van der Waals surface area contributed by atoms with Gasteiger partial charge < -0.3 is 15.4 Å². The van der Waals surface area contributed by atoms with Gasteiger partial charge in [0.1, 0.15) is 12.6 Å². The number of rotatable bonds is 9. The second-order valence-electron chi connectivity index (χ2n) is 5.21. The Balaban J connectivity index is 2.69. The van der Waals surface area contributed by atoms with Crippen LogP contribution >= 0.6 is 0 Å². The molecule has 1 atom stereocenters. The molecule has 0 aliphatic carbocycles. The second kappa shape index (κ2) is 11.0. The molecular formula is C18H24N2O4. The highest BCUT2D eigenvalue weighted by molar-refractivity contribution is 5.89. The number of carbonyl (C=O) groups excluding carboxylic acids is 3. The van der Waals surface area contributed by atoms with Crippen LogP contribution < -0.4 is 10.6 Å². The molecule has 2 amide bonds. The molecule has 2 N–H and O–H groups in total. The molecule has 0 aliphatic heterocycles. The van der Waals surface area contributed by atoms with Gasteiger partial charge in [-0.25, -0.2) is 0 Å². The summed E-state index contributed by atoms with van der Waals surface area (Å²) in [6.07, 6.45) is 5.04. The first-order valence-electron chi connectivity index (χ1n) is 7.85. The Hall–Kier alpha value is -2.63. The summed E-state index contributed by atoms with van der Waals surface area (Å²) >= 11 is 0. The third-order valence-corrected chi connectivity index (χ3v) is 3.34. The van der Waals surface area contributed by atoms with E-state index in [9.17, 15) is 14.4 Å². The van der Waals surface area contributed by atoms with Crippen molar-refractivity contribution >= 4 is 17.8 Å². The molecule has 0 saturated heterocycles. The van der Waals surface area contributed by atoms with E-state index in [0.29, 0.717) is 19.3 Å². The van der Waals surface area contributed by atoms with E-state index in [0.717, 1.165) is 5.56 Å². The molecule has 0 bridgehead atoms. The summed E-state index contributed by atoms with van der Waals surface area (Å²) in [6, 6.07) is 8.64. The van der Waals surface area contributed by atoms with Crippen LogP contribution in [0, 0.1) is 0 Å². The molecule has 1 rings (SSSR count). The molecule has 130 valence electrons. The van der Waals surface area contributed by atoms with E-state index in [4.69, 9.17) is 0 Å². The van der Waals surface area contributed by atoms with Crippen molar-refractivity contribution in [1.82, 2.24) is 10.6 Å². The maximum Gasteiger partial charge on any atom is 0.325 e. The highest BCUT2D eigenvalue weighted by Gasteiger charge is 2.21. The lowest BCUT2D eigenvalue weighted by Crippen LogP contribution is -2.49. The zero-order chi connectivity index (χ0) is 17.8. The summed E-state index contributed by atoms with van der Waals surface area (Å²) in [5, 5.41) is 5.21. The van der Waals surface area contributed by atoms with E-state index >= 15 is 0 Å². The fourth-order valence-electron chi connectivity index (χ4n) is 2.06. The lowest BCUT2D eigenvalue weighted by molar-refractivity contribution is -0.141. The second-order valence-corrected chi connectivity index (χ2v) is 5.21.